The van der Waals surface area contributed by atoms with Crippen LogP contribution in [0.5, 0.6) is 5.75 Å². The normalized spacial score (nSPS) is 13.2. The quantitative estimate of drug-likeness (QED) is 0.0395. The molecule has 0 saturated carbocycles. The fourth-order valence-corrected chi connectivity index (χ4v) is 7.26. The van der Waals surface area contributed by atoms with Crippen LogP contribution in [0.15, 0.2) is 54.6 Å². The third-order valence-electron chi connectivity index (χ3n) is 7.12. The predicted molar refractivity (Wildman–Crippen MR) is 167 cm³/mol. The van der Waals surface area contributed by atoms with Crippen LogP contribution in [0.2, 0.25) is 6.04 Å². The average molecular weight is 733 g/mol. The molecule has 0 bridgehead atoms. The molecule has 2 aromatic rings. The summed E-state index contributed by atoms with van der Waals surface area (Å²) >= 11 is 0. The van der Waals surface area contributed by atoms with Crippen LogP contribution in [0.25, 0.3) is 17.2 Å². The van der Waals surface area contributed by atoms with Crippen molar-refractivity contribution in [3.63, 3.8) is 0 Å². The predicted octanol–water partition coefficient (Wildman–Crippen LogP) is 9.76. The second-order valence-corrected chi connectivity index (χ2v) is 13.5. The first kappa shape index (κ1) is 42.1. The Kier molecular flexibility index (Phi) is 16.1. The summed E-state index contributed by atoms with van der Waals surface area (Å²) in [7, 11) is -2.66. The summed E-state index contributed by atoms with van der Waals surface area (Å²) in [5, 5.41) is 0. The Morgan fingerprint density at radius 1 is 0.673 bits per heavy atom. The number of carbonyl (C=O) groups is 1. The molecule has 0 saturated heterocycles. The highest BCUT2D eigenvalue weighted by atomic mass is 28.4. The number of hydrogen-bond donors (Lipinski definition) is 0. The van der Waals surface area contributed by atoms with E-state index in [0.29, 0.717) is 42.9 Å². The van der Waals surface area contributed by atoms with Gasteiger partial charge >= 0.3 is 38.7 Å². The maximum absolute atomic E-state index is 13.7. The number of carbonyl (C=O) groups excluding carboxylic acids is 1. The Balaban J connectivity index is 1.78. The Labute approximate surface area is 280 Å². The second-order valence-electron chi connectivity index (χ2n) is 10.7. The molecule has 0 amide bonds. The lowest BCUT2D eigenvalue weighted by molar-refractivity contribution is -0.397. The molecule has 0 fully saturated rings. The van der Waals surface area contributed by atoms with E-state index in [1.54, 1.807) is 30.3 Å². The summed E-state index contributed by atoms with van der Waals surface area (Å²) in [5.74, 6) is -19.9. The van der Waals surface area contributed by atoms with Gasteiger partial charge in [0, 0.05) is 31.9 Å². The van der Waals surface area contributed by atoms with Gasteiger partial charge in [-0.25, -0.2) is 4.79 Å². The number of unbranched alkanes of at least 4 members (excludes halogenated alkanes) is 3. The highest BCUT2D eigenvalue weighted by molar-refractivity contribution is 6.60. The molecule has 0 spiro atoms. The minimum absolute atomic E-state index is 0.100. The Hall–Kier alpha value is -3.08. The summed E-state index contributed by atoms with van der Waals surface area (Å²) in [4.78, 5) is 12.1. The molecular weight excluding hydrogens is 691 g/mol. The summed E-state index contributed by atoms with van der Waals surface area (Å²) in [6.07, 6.45) is -2.72. The molecule has 0 aliphatic carbocycles. The molecule has 0 aromatic heterocycles. The molecule has 16 heteroatoms. The Bertz CT molecular complexity index is 1290. The lowest BCUT2D eigenvalue weighted by Crippen LogP contribution is -2.61. The van der Waals surface area contributed by atoms with Crippen molar-refractivity contribution in [3.05, 3.63) is 60.2 Å². The van der Waals surface area contributed by atoms with E-state index in [1.165, 1.54) is 30.3 Å². The fraction of sp³-hybridized carbons (Fsp3) is 0.545. The van der Waals surface area contributed by atoms with Gasteiger partial charge < -0.3 is 22.8 Å². The van der Waals surface area contributed by atoms with E-state index in [4.69, 9.17) is 22.8 Å². The van der Waals surface area contributed by atoms with Gasteiger partial charge in [-0.05, 0) is 68.5 Å². The lowest BCUT2D eigenvalue weighted by atomic mass is 10.0. The van der Waals surface area contributed by atoms with Crippen LogP contribution in [0, 0.1) is 0 Å². The molecule has 276 valence electrons. The van der Waals surface area contributed by atoms with E-state index in [-0.39, 0.29) is 12.4 Å². The molecule has 0 heterocycles. The fourth-order valence-electron chi connectivity index (χ4n) is 4.58. The number of hydrogen-bond acceptors (Lipinski definition) is 6. The number of ether oxygens (including phenoxy) is 2. The maximum atomic E-state index is 13.7. The second kappa shape index (κ2) is 18.8. The van der Waals surface area contributed by atoms with Crippen molar-refractivity contribution in [1.82, 2.24) is 0 Å². The average Bonchev–Trinajstić information content (AvgIpc) is 3.03. The van der Waals surface area contributed by atoms with Gasteiger partial charge in [0.05, 0.1) is 19.6 Å². The van der Waals surface area contributed by atoms with E-state index < -0.39 is 51.7 Å². The standard InChI is InChI=1S/C33H41F9O6Si/c1-4-46-49(47-5-2,48-6-3)24-10-8-7-9-22-45-29(43)20-13-25-11-14-26(15-12-25)27-16-18-28(19-17-27)44-23-21-30(34,35)31(36,37)32(38,39)33(40,41)42/h11-20H,4-10,21-24H2,1-3H3/b20-13+. The van der Waals surface area contributed by atoms with Gasteiger partial charge in [-0.15, -0.1) is 0 Å². The topological polar surface area (TPSA) is 63.2 Å². The van der Waals surface area contributed by atoms with Crippen molar-refractivity contribution in [2.45, 2.75) is 82.9 Å². The van der Waals surface area contributed by atoms with Gasteiger partial charge in [-0.1, -0.05) is 49.2 Å². The maximum Gasteiger partial charge on any atom is 0.500 e. The van der Waals surface area contributed by atoms with Gasteiger partial charge in [0.2, 0.25) is 0 Å². The van der Waals surface area contributed by atoms with Crippen LogP contribution >= 0.6 is 0 Å². The SMILES string of the molecule is CCO[Si](CCCCCCOC(=O)/C=C/c1ccc(-c2ccc(OCCC(F)(F)C(F)(F)C(F)(F)C(F)(F)F)cc2)cc1)(OCC)OCC. The van der Waals surface area contributed by atoms with E-state index in [2.05, 4.69) is 0 Å². The molecule has 2 rings (SSSR count). The summed E-state index contributed by atoms with van der Waals surface area (Å²) in [5.41, 5.74) is 2.03. The number of halogens is 9. The smallest absolute Gasteiger partial charge is 0.493 e. The largest absolute Gasteiger partial charge is 0.500 e. The van der Waals surface area contributed by atoms with Gasteiger partial charge in [-0.3, -0.25) is 0 Å². The zero-order valence-electron chi connectivity index (χ0n) is 27.4. The zero-order valence-corrected chi connectivity index (χ0v) is 28.4. The summed E-state index contributed by atoms with van der Waals surface area (Å²) in [6, 6.07) is 13.2. The molecule has 0 aliphatic rings. The van der Waals surface area contributed by atoms with Crippen LogP contribution in [0.1, 0.15) is 58.4 Å². The number of esters is 1. The first-order valence-electron chi connectivity index (χ1n) is 15.8. The van der Waals surface area contributed by atoms with Gasteiger partial charge in [0.25, 0.3) is 0 Å². The van der Waals surface area contributed by atoms with Gasteiger partial charge in [-0.2, -0.15) is 39.5 Å². The third-order valence-corrected chi connectivity index (χ3v) is 10.3. The van der Waals surface area contributed by atoms with Crippen LogP contribution < -0.4 is 4.74 Å². The minimum atomic E-state index is -6.94. The minimum Gasteiger partial charge on any atom is -0.493 e. The molecule has 0 atom stereocenters. The van der Waals surface area contributed by atoms with Crippen molar-refractivity contribution in [2.24, 2.45) is 0 Å². The number of alkyl halides is 9. The van der Waals surface area contributed by atoms with Crippen LogP contribution in [0.4, 0.5) is 39.5 Å². The van der Waals surface area contributed by atoms with Crippen molar-refractivity contribution >= 4 is 20.8 Å². The van der Waals surface area contributed by atoms with Crippen molar-refractivity contribution in [3.8, 4) is 16.9 Å². The van der Waals surface area contributed by atoms with Crippen molar-refractivity contribution in [2.75, 3.05) is 33.0 Å². The molecule has 0 N–H and O–H groups in total. The van der Waals surface area contributed by atoms with E-state index >= 15 is 0 Å². The van der Waals surface area contributed by atoms with Crippen LogP contribution in [-0.2, 0) is 22.8 Å². The Morgan fingerprint density at radius 3 is 1.69 bits per heavy atom. The number of benzene rings is 2. The van der Waals surface area contributed by atoms with Gasteiger partial charge in [0.1, 0.15) is 5.75 Å². The third kappa shape index (κ3) is 12.0. The van der Waals surface area contributed by atoms with Crippen LogP contribution in [0.3, 0.4) is 0 Å². The highest BCUT2D eigenvalue weighted by Crippen LogP contribution is 2.54. The van der Waals surface area contributed by atoms with Crippen molar-refractivity contribution < 1.29 is 67.1 Å². The number of rotatable bonds is 22. The van der Waals surface area contributed by atoms with E-state index in [1.807, 2.05) is 20.8 Å². The molecule has 0 aliphatic heterocycles. The molecular formula is C33H41F9O6Si. The molecule has 0 radical (unpaired) electrons. The van der Waals surface area contributed by atoms with Crippen molar-refractivity contribution in [1.29, 1.82) is 0 Å². The molecule has 6 nitrogen and oxygen atoms in total. The molecule has 0 unspecified atom stereocenters. The van der Waals surface area contributed by atoms with E-state index in [0.717, 1.165) is 25.3 Å². The monoisotopic (exact) mass is 732 g/mol. The first-order chi connectivity index (χ1) is 22.9. The zero-order chi connectivity index (χ0) is 36.8. The molecule has 49 heavy (non-hydrogen) atoms. The van der Waals surface area contributed by atoms with Gasteiger partial charge in [0.15, 0.2) is 0 Å². The molecule has 2 aromatic carbocycles. The van der Waals surface area contributed by atoms with Crippen LogP contribution in [-0.4, -0.2) is 71.8 Å². The highest BCUT2D eigenvalue weighted by Gasteiger charge is 2.81. The Morgan fingerprint density at radius 2 is 1.18 bits per heavy atom. The van der Waals surface area contributed by atoms with E-state index in [9.17, 15) is 44.3 Å². The first-order valence-corrected chi connectivity index (χ1v) is 17.7. The summed E-state index contributed by atoms with van der Waals surface area (Å²) in [6.45, 7) is 6.34. The lowest BCUT2D eigenvalue weighted by Gasteiger charge is -2.33. The summed E-state index contributed by atoms with van der Waals surface area (Å²) < 4.78 is 145.